The van der Waals surface area contributed by atoms with Crippen molar-refractivity contribution in [1.29, 1.82) is 0 Å². The van der Waals surface area contributed by atoms with E-state index in [0.717, 1.165) is 55.4 Å². The zero-order valence-corrected chi connectivity index (χ0v) is 12.3. The second kappa shape index (κ2) is 7.75. The average molecular weight is 273 g/mol. The van der Waals surface area contributed by atoms with Crippen molar-refractivity contribution in [2.24, 2.45) is 0 Å². The Morgan fingerprint density at radius 2 is 1.90 bits per heavy atom. The van der Waals surface area contributed by atoms with Crippen LogP contribution in [0.5, 0.6) is 5.75 Å². The maximum absolute atomic E-state index is 5.89. The Bertz CT molecular complexity index is 519. The lowest BCUT2D eigenvalue weighted by molar-refractivity contribution is 0.318. The standard InChI is InChI=1S/C17H23NO2/c1-3-11-18-13-14-9-10-17(20-14)15-7-5-6-8-16(15)19-12-4-2/h5-10,18H,3-4,11-13H2,1-2H3. The third-order valence-corrected chi connectivity index (χ3v) is 3.00. The quantitative estimate of drug-likeness (QED) is 0.731. The van der Waals surface area contributed by atoms with Gasteiger partial charge in [0.25, 0.3) is 0 Å². The van der Waals surface area contributed by atoms with Gasteiger partial charge < -0.3 is 14.5 Å². The van der Waals surface area contributed by atoms with Gasteiger partial charge in [-0.05, 0) is 43.7 Å². The van der Waals surface area contributed by atoms with Crippen LogP contribution in [0.2, 0.25) is 0 Å². The van der Waals surface area contributed by atoms with E-state index in [9.17, 15) is 0 Å². The van der Waals surface area contributed by atoms with Crippen LogP contribution in [0, 0.1) is 0 Å². The fraction of sp³-hybridized carbons (Fsp3) is 0.412. The highest BCUT2D eigenvalue weighted by atomic mass is 16.5. The van der Waals surface area contributed by atoms with Crippen LogP contribution >= 0.6 is 0 Å². The van der Waals surface area contributed by atoms with E-state index in [0.29, 0.717) is 0 Å². The Hall–Kier alpha value is -1.74. The number of furan rings is 1. The molecule has 3 heteroatoms. The molecule has 20 heavy (non-hydrogen) atoms. The van der Waals surface area contributed by atoms with Crippen molar-refractivity contribution >= 4 is 0 Å². The van der Waals surface area contributed by atoms with Crippen LogP contribution in [0.25, 0.3) is 11.3 Å². The third-order valence-electron chi connectivity index (χ3n) is 3.00. The zero-order chi connectivity index (χ0) is 14.2. The van der Waals surface area contributed by atoms with E-state index in [1.165, 1.54) is 0 Å². The number of nitrogens with one attached hydrogen (secondary N) is 1. The minimum Gasteiger partial charge on any atom is -0.493 e. The van der Waals surface area contributed by atoms with E-state index in [4.69, 9.17) is 9.15 Å². The number of ether oxygens (including phenoxy) is 1. The third kappa shape index (κ3) is 3.87. The molecule has 0 spiro atoms. The Balaban J connectivity index is 2.11. The zero-order valence-electron chi connectivity index (χ0n) is 12.3. The van der Waals surface area contributed by atoms with Crippen LogP contribution in [-0.4, -0.2) is 13.2 Å². The smallest absolute Gasteiger partial charge is 0.138 e. The number of rotatable bonds is 8. The lowest BCUT2D eigenvalue weighted by Crippen LogP contribution is -2.12. The first kappa shape index (κ1) is 14.7. The van der Waals surface area contributed by atoms with Gasteiger partial charge >= 0.3 is 0 Å². The fourth-order valence-electron chi connectivity index (χ4n) is 2.01. The summed E-state index contributed by atoms with van der Waals surface area (Å²) in [4.78, 5) is 0. The Morgan fingerprint density at radius 3 is 2.70 bits per heavy atom. The molecule has 2 rings (SSSR count). The number of hydrogen-bond donors (Lipinski definition) is 1. The number of para-hydroxylation sites is 1. The normalized spacial score (nSPS) is 10.7. The van der Waals surface area contributed by atoms with Gasteiger partial charge in [-0.25, -0.2) is 0 Å². The van der Waals surface area contributed by atoms with Crippen molar-refractivity contribution < 1.29 is 9.15 Å². The maximum Gasteiger partial charge on any atom is 0.138 e. The van der Waals surface area contributed by atoms with Crippen LogP contribution in [0.4, 0.5) is 0 Å². The first-order valence-corrected chi connectivity index (χ1v) is 7.36. The van der Waals surface area contributed by atoms with E-state index in [1.807, 2.05) is 36.4 Å². The monoisotopic (exact) mass is 273 g/mol. The summed E-state index contributed by atoms with van der Waals surface area (Å²) >= 11 is 0. The lowest BCUT2D eigenvalue weighted by atomic mass is 10.1. The van der Waals surface area contributed by atoms with Crippen molar-refractivity contribution in [1.82, 2.24) is 5.32 Å². The topological polar surface area (TPSA) is 34.4 Å². The molecular weight excluding hydrogens is 250 g/mol. The summed E-state index contributed by atoms with van der Waals surface area (Å²) < 4.78 is 11.7. The van der Waals surface area contributed by atoms with Gasteiger partial charge in [-0.2, -0.15) is 0 Å². The Kier molecular flexibility index (Phi) is 5.69. The molecular formula is C17H23NO2. The summed E-state index contributed by atoms with van der Waals surface area (Å²) in [6, 6.07) is 12.0. The van der Waals surface area contributed by atoms with Gasteiger partial charge in [0.2, 0.25) is 0 Å². The van der Waals surface area contributed by atoms with Gasteiger partial charge in [-0.3, -0.25) is 0 Å². The molecule has 1 N–H and O–H groups in total. The highest BCUT2D eigenvalue weighted by Gasteiger charge is 2.10. The molecule has 1 heterocycles. The molecule has 3 nitrogen and oxygen atoms in total. The largest absolute Gasteiger partial charge is 0.493 e. The molecule has 1 aromatic carbocycles. The number of hydrogen-bond acceptors (Lipinski definition) is 3. The summed E-state index contributed by atoms with van der Waals surface area (Å²) in [6.07, 6.45) is 2.12. The molecule has 108 valence electrons. The molecule has 2 aromatic rings. The van der Waals surface area contributed by atoms with Crippen molar-refractivity contribution in [2.75, 3.05) is 13.2 Å². The molecule has 0 aliphatic rings. The molecule has 0 saturated heterocycles. The van der Waals surface area contributed by atoms with Gasteiger partial charge in [0.1, 0.15) is 17.3 Å². The molecule has 0 amide bonds. The van der Waals surface area contributed by atoms with Crippen LogP contribution in [-0.2, 0) is 6.54 Å². The summed E-state index contributed by atoms with van der Waals surface area (Å²) in [5.41, 5.74) is 1.02. The predicted octanol–water partition coefficient (Wildman–Crippen LogP) is 4.24. The molecule has 0 aliphatic heterocycles. The molecule has 1 aromatic heterocycles. The first-order chi connectivity index (χ1) is 9.85. The summed E-state index contributed by atoms with van der Waals surface area (Å²) in [7, 11) is 0. The van der Waals surface area contributed by atoms with Crippen molar-refractivity contribution in [3.8, 4) is 17.1 Å². The second-order valence-electron chi connectivity index (χ2n) is 4.79. The summed E-state index contributed by atoms with van der Waals surface area (Å²) in [6.45, 7) is 6.76. The van der Waals surface area contributed by atoms with E-state index < -0.39 is 0 Å². The van der Waals surface area contributed by atoms with Gasteiger partial charge in [0.05, 0.1) is 18.7 Å². The van der Waals surface area contributed by atoms with Gasteiger partial charge in [0, 0.05) is 0 Å². The van der Waals surface area contributed by atoms with E-state index in [1.54, 1.807) is 0 Å². The predicted molar refractivity (Wildman–Crippen MR) is 81.9 cm³/mol. The average Bonchev–Trinajstić information content (AvgIpc) is 2.94. The molecule has 0 atom stereocenters. The SMILES string of the molecule is CCCNCc1ccc(-c2ccccc2OCCC)o1. The van der Waals surface area contributed by atoms with Crippen LogP contribution < -0.4 is 10.1 Å². The van der Waals surface area contributed by atoms with Gasteiger partial charge in [-0.1, -0.05) is 26.0 Å². The number of benzene rings is 1. The minimum atomic E-state index is 0.725. The molecule has 0 saturated carbocycles. The van der Waals surface area contributed by atoms with Crippen LogP contribution in [0.1, 0.15) is 32.4 Å². The van der Waals surface area contributed by atoms with Crippen molar-refractivity contribution in [3.05, 3.63) is 42.2 Å². The van der Waals surface area contributed by atoms with E-state index >= 15 is 0 Å². The highest BCUT2D eigenvalue weighted by molar-refractivity contribution is 5.65. The fourth-order valence-corrected chi connectivity index (χ4v) is 2.01. The van der Waals surface area contributed by atoms with Crippen LogP contribution in [0.3, 0.4) is 0 Å². The second-order valence-corrected chi connectivity index (χ2v) is 4.79. The molecule has 0 bridgehead atoms. The lowest BCUT2D eigenvalue weighted by Gasteiger charge is -2.08. The van der Waals surface area contributed by atoms with E-state index in [-0.39, 0.29) is 0 Å². The molecule has 0 radical (unpaired) electrons. The summed E-state index contributed by atoms with van der Waals surface area (Å²) in [5.74, 6) is 2.71. The van der Waals surface area contributed by atoms with Crippen LogP contribution in [0.15, 0.2) is 40.8 Å². The molecule has 0 aliphatic carbocycles. The first-order valence-electron chi connectivity index (χ1n) is 7.36. The molecule has 0 fully saturated rings. The van der Waals surface area contributed by atoms with E-state index in [2.05, 4.69) is 19.2 Å². The minimum absolute atomic E-state index is 0.725. The van der Waals surface area contributed by atoms with Crippen molar-refractivity contribution in [3.63, 3.8) is 0 Å². The van der Waals surface area contributed by atoms with Gasteiger partial charge in [-0.15, -0.1) is 0 Å². The Morgan fingerprint density at radius 1 is 1.05 bits per heavy atom. The molecule has 0 unspecified atom stereocenters. The Labute approximate surface area is 121 Å². The summed E-state index contributed by atoms with van der Waals surface area (Å²) in [5, 5.41) is 3.34. The van der Waals surface area contributed by atoms with Crippen molar-refractivity contribution in [2.45, 2.75) is 33.2 Å². The maximum atomic E-state index is 5.89. The van der Waals surface area contributed by atoms with Gasteiger partial charge in [0.15, 0.2) is 0 Å². The highest BCUT2D eigenvalue weighted by Crippen LogP contribution is 2.31.